The maximum atomic E-state index is 6.28. The van der Waals surface area contributed by atoms with E-state index in [0.717, 1.165) is 27.5 Å². The highest BCUT2D eigenvalue weighted by molar-refractivity contribution is 9.10. The first-order valence-corrected chi connectivity index (χ1v) is 8.11. The Balaban J connectivity index is 1.76. The predicted molar refractivity (Wildman–Crippen MR) is 87.2 cm³/mol. The molecule has 1 atom stereocenters. The van der Waals surface area contributed by atoms with Gasteiger partial charge in [0.2, 0.25) is 0 Å². The molecule has 106 valence electrons. The summed E-state index contributed by atoms with van der Waals surface area (Å²) < 4.78 is 3.22. The Kier molecular flexibility index (Phi) is 4.20. The van der Waals surface area contributed by atoms with Crippen LogP contribution in [0.2, 0.25) is 5.02 Å². The highest BCUT2D eigenvalue weighted by atomic mass is 79.9. The fourth-order valence-electron chi connectivity index (χ4n) is 2.69. The lowest BCUT2D eigenvalue weighted by atomic mass is 10.1. The van der Waals surface area contributed by atoms with Gasteiger partial charge in [-0.15, -0.1) is 0 Å². The van der Waals surface area contributed by atoms with Gasteiger partial charge in [-0.05, 0) is 55.1 Å². The van der Waals surface area contributed by atoms with E-state index in [1.54, 1.807) is 0 Å². The maximum absolute atomic E-state index is 6.28. The lowest BCUT2D eigenvalue weighted by Gasteiger charge is -2.13. The molecule has 2 aromatic rings. The third-order valence-corrected chi connectivity index (χ3v) is 4.75. The van der Waals surface area contributed by atoms with E-state index in [-0.39, 0.29) is 0 Å². The van der Waals surface area contributed by atoms with Gasteiger partial charge >= 0.3 is 0 Å². The monoisotopic (exact) mass is 352 g/mol. The molecule has 2 nitrogen and oxygen atoms in total. The van der Waals surface area contributed by atoms with Crippen molar-refractivity contribution in [2.24, 2.45) is 5.92 Å². The van der Waals surface area contributed by atoms with Crippen LogP contribution in [0, 0.1) is 5.92 Å². The molecule has 1 aliphatic rings. The van der Waals surface area contributed by atoms with Gasteiger partial charge in [-0.1, -0.05) is 33.6 Å². The van der Waals surface area contributed by atoms with Crippen LogP contribution in [-0.2, 0) is 6.54 Å². The largest absolute Gasteiger partial charge is 0.350 e. The topological polar surface area (TPSA) is 17.0 Å². The molecule has 1 aliphatic carbocycles. The third-order valence-electron chi connectivity index (χ3n) is 3.90. The fraction of sp³-hybridized carbons (Fsp3) is 0.375. The first-order chi connectivity index (χ1) is 9.67. The van der Waals surface area contributed by atoms with Gasteiger partial charge < -0.3 is 9.88 Å². The van der Waals surface area contributed by atoms with Crippen molar-refractivity contribution in [3.8, 4) is 0 Å². The van der Waals surface area contributed by atoms with Crippen molar-refractivity contribution in [2.45, 2.75) is 25.4 Å². The molecular formula is C16H18BrClN2. The summed E-state index contributed by atoms with van der Waals surface area (Å²) in [5.41, 5.74) is 2.52. The number of rotatable bonds is 5. The van der Waals surface area contributed by atoms with Crippen molar-refractivity contribution in [2.75, 3.05) is 7.05 Å². The van der Waals surface area contributed by atoms with E-state index in [1.165, 1.54) is 18.4 Å². The first-order valence-electron chi connectivity index (χ1n) is 6.94. The maximum Gasteiger partial charge on any atom is 0.0485 e. The molecule has 1 aromatic heterocycles. The quantitative estimate of drug-likeness (QED) is 0.829. The van der Waals surface area contributed by atoms with Gasteiger partial charge in [0.15, 0.2) is 0 Å². The fourth-order valence-corrected chi connectivity index (χ4v) is 3.43. The molecule has 0 radical (unpaired) electrons. The van der Waals surface area contributed by atoms with E-state index in [9.17, 15) is 0 Å². The predicted octanol–water partition coefficient (Wildman–Crippen LogP) is 4.62. The average Bonchev–Trinajstić information content (AvgIpc) is 3.14. The van der Waals surface area contributed by atoms with E-state index in [4.69, 9.17) is 11.6 Å². The molecule has 0 spiro atoms. The number of nitrogens with zero attached hydrogens (tertiary/aromatic N) is 1. The summed E-state index contributed by atoms with van der Waals surface area (Å²) in [4.78, 5) is 0. The van der Waals surface area contributed by atoms with Gasteiger partial charge in [0.05, 0.1) is 0 Å². The second-order valence-electron chi connectivity index (χ2n) is 5.46. The number of hydrogen-bond donors (Lipinski definition) is 1. The molecule has 1 aromatic carbocycles. The third kappa shape index (κ3) is 3.11. The Bertz CT molecular complexity index is 604. The molecule has 1 unspecified atom stereocenters. The Hall–Kier alpha value is -0.770. The van der Waals surface area contributed by atoms with E-state index in [2.05, 4.69) is 50.3 Å². The van der Waals surface area contributed by atoms with Crippen LogP contribution in [0.4, 0.5) is 0 Å². The van der Waals surface area contributed by atoms with Gasteiger partial charge in [-0.25, -0.2) is 0 Å². The summed E-state index contributed by atoms with van der Waals surface area (Å²) in [6.45, 7) is 0.813. The zero-order valence-corrected chi connectivity index (χ0v) is 13.8. The zero-order chi connectivity index (χ0) is 14.1. The van der Waals surface area contributed by atoms with E-state index in [1.807, 2.05) is 19.2 Å². The number of nitrogens with one attached hydrogen (secondary N) is 1. The van der Waals surface area contributed by atoms with Crippen LogP contribution in [0.3, 0.4) is 0 Å². The summed E-state index contributed by atoms with van der Waals surface area (Å²) in [7, 11) is 2.05. The molecule has 20 heavy (non-hydrogen) atoms. The molecule has 0 amide bonds. The van der Waals surface area contributed by atoms with Gasteiger partial charge in [0.25, 0.3) is 0 Å². The number of hydrogen-bond acceptors (Lipinski definition) is 1. The minimum absolute atomic E-state index is 0.497. The standard InChI is InChI=1S/C16H18BrClN2/c1-19-16(11-2-3-11)13-6-7-20(10-13)9-12-4-5-14(17)8-15(12)18/h4-8,10-11,16,19H,2-3,9H2,1H3. The molecule has 1 N–H and O–H groups in total. The molecule has 4 heteroatoms. The lowest BCUT2D eigenvalue weighted by molar-refractivity contribution is 0.528. The van der Waals surface area contributed by atoms with Crippen molar-refractivity contribution in [3.05, 3.63) is 57.3 Å². The number of aromatic nitrogens is 1. The molecular weight excluding hydrogens is 336 g/mol. The number of halogens is 2. The Labute approximate surface area is 133 Å². The SMILES string of the molecule is CNC(c1ccn(Cc2ccc(Br)cc2Cl)c1)C1CC1. The molecule has 1 fully saturated rings. The molecule has 3 rings (SSSR count). The van der Waals surface area contributed by atoms with Crippen LogP contribution in [0.5, 0.6) is 0 Å². The Morgan fingerprint density at radius 2 is 2.20 bits per heavy atom. The molecule has 1 saturated carbocycles. The summed E-state index contributed by atoms with van der Waals surface area (Å²) in [5, 5.41) is 4.24. The van der Waals surface area contributed by atoms with Crippen molar-refractivity contribution in [1.29, 1.82) is 0 Å². The zero-order valence-electron chi connectivity index (χ0n) is 11.4. The normalized spacial score (nSPS) is 16.4. The minimum Gasteiger partial charge on any atom is -0.350 e. The second kappa shape index (κ2) is 5.92. The molecule has 1 heterocycles. The summed E-state index contributed by atoms with van der Waals surface area (Å²) in [6.07, 6.45) is 7.06. The second-order valence-corrected chi connectivity index (χ2v) is 6.78. The Morgan fingerprint density at radius 1 is 1.40 bits per heavy atom. The van der Waals surface area contributed by atoms with Gasteiger partial charge in [0.1, 0.15) is 0 Å². The molecule has 0 saturated heterocycles. The van der Waals surface area contributed by atoms with Crippen LogP contribution in [0.1, 0.15) is 30.0 Å². The smallest absolute Gasteiger partial charge is 0.0485 e. The summed E-state index contributed by atoms with van der Waals surface area (Å²) in [6, 6.07) is 8.76. The highest BCUT2D eigenvalue weighted by Crippen LogP contribution is 2.40. The highest BCUT2D eigenvalue weighted by Gasteiger charge is 2.31. The van der Waals surface area contributed by atoms with Crippen molar-refractivity contribution >= 4 is 27.5 Å². The minimum atomic E-state index is 0.497. The van der Waals surface area contributed by atoms with Gasteiger partial charge in [0, 0.05) is 34.5 Å². The molecule has 0 bridgehead atoms. The van der Waals surface area contributed by atoms with Crippen molar-refractivity contribution in [1.82, 2.24) is 9.88 Å². The molecule has 0 aliphatic heterocycles. The van der Waals surface area contributed by atoms with Crippen molar-refractivity contribution in [3.63, 3.8) is 0 Å². The first kappa shape index (κ1) is 14.2. The van der Waals surface area contributed by atoms with Crippen LogP contribution in [0.25, 0.3) is 0 Å². The number of benzene rings is 1. The van der Waals surface area contributed by atoms with E-state index in [0.29, 0.717) is 6.04 Å². The summed E-state index contributed by atoms with van der Waals surface area (Å²) >= 11 is 9.72. The van der Waals surface area contributed by atoms with Crippen LogP contribution < -0.4 is 5.32 Å². The summed E-state index contributed by atoms with van der Waals surface area (Å²) in [5.74, 6) is 0.812. The van der Waals surface area contributed by atoms with E-state index < -0.39 is 0 Å². The van der Waals surface area contributed by atoms with Crippen LogP contribution in [-0.4, -0.2) is 11.6 Å². The van der Waals surface area contributed by atoms with Crippen LogP contribution in [0.15, 0.2) is 41.1 Å². The van der Waals surface area contributed by atoms with Crippen molar-refractivity contribution < 1.29 is 0 Å². The van der Waals surface area contributed by atoms with E-state index >= 15 is 0 Å². The van der Waals surface area contributed by atoms with Crippen LogP contribution >= 0.6 is 27.5 Å². The average molecular weight is 354 g/mol. The Morgan fingerprint density at radius 3 is 2.85 bits per heavy atom. The van der Waals surface area contributed by atoms with Gasteiger partial charge in [-0.2, -0.15) is 0 Å². The lowest BCUT2D eigenvalue weighted by Crippen LogP contribution is -2.17. The van der Waals surface area contributed by atoms with Gasteiger partial charge in [-0.3, -0.25) is 0 Å².